The van der Waals surface area contributed by atoms with Crippen LogP contribution in [0.1, 0.15) is 18.7 Å². The van der Waals surface area contributed by atoms with Crippen LogP contribution >= 0.6 is 0 Å². The van der Waals surface area contributed by atoms with Gasteiger partial charge in [0.15, 0.2) is 0 Å². The van der Waals surface area contributed by atoms with Crippen molar-refractivity contribution in [3.05, 3.63) is 24.3 Å². The van der Waals surface area contributed by atoms with Crippen molar-refractivity contribution in [3.63, 3.8) is 0 Å². The Hall–Kier alpha value is -1.05. The van der Waals surface area contributed by atoms with E-state index in [-0.39, 0.29) is 0 Å². The summed E-state index contributed by atoms with van der Waals surface area (Å²) >= 11 is 0. The fraction of sp³-hybridized carbons (Fsp3) is 0.286. The first-order chi connectivity index (χ1) is 4.47. The molecule has 0 saturated carbocycles. The fourth-order valence-corrected chi connectivity index (χ4v) is 0.945. The van der Waals surface area contributed by atoms with E-state index in [4.69, 9.17) is 0 Å². The molecule has 0 fully saturated rings. The van der Waals surface area contributed by atoms with E-state index in [0.717, 1.165) is 5.82 Å². The van der Waals surface area contributed by atoms with Gasteiger partial charge in [0.25, 0.3) is 0 Å². The predicted octanol–water partition coefficient (Wildman–Crippen LogP) is 1.59. The molecule has 1 heterocycles. The number of hydrogen-bond acceptors (Lipinski definition) is 1. The van der Waals surface area contributed by atoms with Crippen molar-refractivity contribution in [2.75, 3.05) is 0 Å². The Morgan fingerprint density at radius 2 is 2.44 bits per heavy atom. The summed E-state index contributed by atoms with van der Waals surface area (Å²) < 4.78 is 0. The standard InChI is InChI=1S/C7H8N2/c1-2-6(3-1)7-8-4-5-9-7/h2,4-5H,1,3H2,(H,8,9). The second-order valence-electron chi connectivity index (χ2n) is 2.21. The number of allylic oxidation sites excluding steroid dienone is 2. The van der Waals surface area contributed by atoms with E-state index in [9.17, 15) is 0 Å². The van der Waals surface area contributed by atoms with Gasteiger partial charge in [-0.25, -0.2) is 4.98 Å². The molecular weight excluding hydrogens is 112 g/mol. The minimum Gasteiger partial charge on any atom is -0.345 e. The Labute approximate surface area is 53.6 Å². The summed E-state index contributed by atoms with van der Waals surface area (Å²) in [5, 5.41) is 0. The van der Waals surface area contributed by atoms with E-state index in [1.807, 2.05) is 6.20 Å². The van der Waals surface area contributed by atoms with Crippen LogP contribution in [0, 0.1) is 0 Å². The third-order valence-corrected chi connectivity index (χ3v) is 1.61. The van der Waals surface area contributed by atoms with Crippen molar-refractivity contribution in [2.24, 2.45) is 0 Å². The molecule has 0 radical (unpaired) electrons. The van der Waals surface area contributed by atoms with Crippen LogP contribution in [0.5, 0.6) is 0 Å². The summed E-state index contributed by atoms with van der Waals surface area (Å²) in [6.07, 6.45) is 8.26. The average molecular weight is 120 g/mol. The topological polar surface area (TPSA) is 28.7 Å². The Morgan fingerprint density at radius 3 is 2.89 bits per heavy atom. The minimum absolute atomic E-state index is 1.04. The van der Waals surface area contributed by atoms with E-state index < -0.39 is 0 Å². The number of nitrogens with zero attached hydrogens (tertiary/aromatic N) is 1. The normalized spacial score (nSPS) is 16.7. The van der Waals surface area contributed by atoms with Gasteiger partial charge in [-0.15, -0.1) is 0 Å². The van der Waals surface area contributed by atoms with E-state index >= 15 is 0 Å². The second kappa shape index (κ2) is 1.72. The Balaban J connectivity index is 2.34. The number of aromatic amines is 1. The monoisotopic (exact) mass is 120 g/mol. The van der Waals surface area contributed by atoms with Gasteiger partial charge >= 0.3 is 0 Å². The summed E-state index contributed by atoms with van der Waals surface area (Å²) in [5.41, 5.74) is 1.36. The Kier molecular flexibility index (Phi) is 0.918. The number of rotatable bonds is 1. The predicted molar refractivity (Wildman–Crippen MR) is 35.8 cm³/mol. The number of nitrogens with one attached hydrogen (secondary N) is 1. The Morgan fingerprint density at radius 1 is 1.56 bits per heavy atom. The zero-order chi connectivity index (χ0) is 6.10. The van der Waals surface area contributed by atoms with Gasteiger partial charge in [0, 0.05) is 12.4 Å². The lowest BCUT2D eigenvalue weighted by Gasteiger charge is -2.10. The fourth-order valence-electron chi connectivity index (χ4n) is 0.945. The van der Waals surface area contributed by atoms with E-state index in [1.54, 1.807) is 6.20 Å². The molecular formula is C7H8N2. The zero-order valence-electron chi connectivity index (χ0n) is 5.09. The van der Waals surface area contributed by atoms with Gasteiger partial charge in [-0.05, 0) is 18.4 Å². The molecule has 0 aliphatic heterocycles. The van der Waals surface area contributed by atoms with Gasteiger partial charge in [-0.1, -0.05) is 6.08 Å². The highest BCUT2D eigenvalue weighted by atomic mass is 14.9. The van der Waals surface area contributed by atoms with Crippen molar-refractivity contribution in [3.8, 4) is 0 Å². The smallest absolute Gasteiger partial charge is 0.132 e. The molecule has 2 nitrogen and oxygen atoms in total. The molecule has 0 atom stereocenters. The molecule has 1 aromatic rings. The molecule has 1 aromatic heterocycles. The maximum Gasteiger partial charge on any atom is 0.132 e. The van der Waals surface area contributed by atoms with Crippen molar-refractivity contribution in [1.82, 2.24) is 9.97 Å². The minimum atomic E-state index is 1.04. The molecule has 1 aliphatic carbocycles. The zero-order valence-corrected chi connectivity index (χ0v) is 5.09. The molecule has 0 bridgehead atoms. The van der Waals surface area contributed by atoms with E-state index in [1.165, 1.54) is 18.4 Å². The quantitative estimate of drug-likeness (QED) is 0.599. The summed E-state index contributed by atoms with van der Waals surface area (Å²) in [6, 6.07) is 0. The van der Waals surface area contributed by atoms with Crippen LogP contribution in [0.25, 0.3) is 5.57 Å². The van der Waals surface area contributed by atoms with Crippen molar-refractivity contribution >= 4 is 5.57 Å². The maximum atomic E-state index is 4.11. The Bertz CT molecular complexity index is 221. The van der Waals surface area contributed by atoms with Crippen LogP contribution in [0.2, 0.25) is 0 Å². The van der Waals surface area contributed by atoms with Gasteiger partial charge in [0.1, 0.15) is 5.82 Å². The van der Waals surface area contributed by atoms with Crippen LogP contribution in [-0.2, 0) is 0 Å². The molecule has 9 heavy (non-hydrogen) atoms. The van der Waals surface area contributed by atoms with Gasteiger partial charge in [0.2, 0.25) is 0 Å². The SMILES string of the molecule is C1=C(c2ncc[nH]2)CC1. The lowest BCUT2D eigenvalue weighted by Crippen LogP contribution is -1.94. The molecule has 2 rings (SSSR count). The molecule has 0 spiro atoms. The van der Waals surface area contributed by atoms with Gasteiger partial charge in [0.05, 0.1) is 0 Å². The van der Waals surface area contributed by atoms with Crippen molar-refractivity contribution < 1.29 is 0 Å². The van der Waals surface area contributed by atoms with Gasteiger partial charge in [-0.2, -0.15) is 0 Å². The summed E-state index contributed by atoms with van der Waals surface area (Å²) in [4.78, 5) is 7.17. The van der Waals surface area contributed by atoms with E-state index in [2.05, 4.69) is 16.0 Å². The molecule has 0 aromatic carbocycles. The summed E-state index contributed by atoms with van der Waals surface area (Å²) in [5.74, 6) is 1.04. The number of aromatic nitrogens is 2. The second-order valence-corrected chi connectivity index (χ2v) is 2.21. The third-order valence-electron chi connectivity index (χ3n) is 1.61. The first-order valence-corrected chi connectivity index (χ1v) is 3.15. The first-order valence-electron chi connectivity index (χ1n) is 3.15. The number of H-pyrrole nitrogens is 1. The third kappa shape index (κ3) is 0.669. The molecule has 2 heteroatoms. The molecule has 0 unspecified atom stereocenters. The van der Waals surface area contributed by atoms with Crippen molar-refractivity contribution in [1.29, 1.82) is 0 Å². The average Bonchev–Trinajstić information content (AvgIpc) is 2.11. The van der Waals surface area contributed by atoms with Crippen molar-refractivity contribution in [2.45, 2.75) is 12.8 Å². The van der Waals surface area contributed by atoms with Crippen LogP contribution < -0.4 is 0 Å². The maximum absolute atomic E-state index is 4.11. The van der Waals surface area contributed by atoms with Crippen LogP contribution in [0.3, 0.4) is 0 Å². The molecule has 46 valence electrons. The van der Waals surface area contributed by atoms with Gasteiger partial charge < -0.3 is 4.98 Å². The molecule has 0 saturated heterocycles. The highest BCUT2D eigenvalue weighted by Crippen LogP contribution is 2.25. The highest BCUT2D eigenvalue weighted by molar-refractivity contribution is 5.64. The summed E-state index contributed by atoms with van der Waals surface area (Å²) in [6.45, 7) is 0. The highest BCUT2D eigenvalue weighted by Gasteiger charge is 2.08. The molecule has 1 N–H and O–H groups in total. The number of hydrogen-bond donors (Lipinski definition) is 1. The first kappa shape index (κ1) is 4.79. The lowest BCUT2D eigenvalue weighted by molar-refractivity contribution is 0.962. The number of imidazole rings is 1. The lowest BCUT2D eigenvalue weighted by atomic mass is 9.99. The largest absolute Gasteiger partial charge is 0.345 e. The van der Waals surface area contributed by atoms with Crippen LogP contribution in [0.4, 0.5) is 0 Å². The molecule has 1 aliphatic rings. The summed E-state index contributed by atoms with van der Waals surface area (Å²) in [7, 11) is 0. The molecule has 0 amide bonds. The van der Waals surface area contributed by atoms with E-state index in [0.29, 0.717) is 0 Å². The van der Waals surface area contributed by atoms with Gasteiger partial charge in [-0.3, -0.25) is 0 Å². The van der Waals surface area contributed by atoms with Crippen LogP contribution in [0.15, 0.2) is 18.5 Å². The van der Waals surface area contributed by atoms with Crippen LogP contribution in [-0.4, -0.2) is 9.97 Å².